The third-order valence-corrected chi connectivity index (χ3v) is 3.13. The van der Waals surface area contributed by atoms with Gasteiger partial charge in [0.1, 0.15) is 18.2 Å². The predicted molar refractivity (Wildman–Crippen MR) is 71.6 cm³/mol. The third kappa shape index (κ3) is 3.06. The third-order valence-electron chi connectivity index (χ3n) is 2.39. The molecule has 0 heterocycles. The van der Waals surface area contributed by atoms with Crippen LogP contribution in [0.1, 0.15) is 5.56 Å². The van der Waals surface area contributed by atoms with Gasteiger partial charge in [-0.05, 0) is 30.3 Å². The van der Waals surface area contributed by atoms with Crippen LogP contribution in [0.25, 0.3) is 0 Å². The zero-order valence-electron chi connectivity index (χ0n) is 9.29. The van der Waals surface area contributed by atoms with Crippen LogP contribution in [0.15, 0.2) is 36.4 Å². The molecule has 0 aliphatic heterocycles. The standard InChI is InChI=1S/C13H10Cl2FNO/c14-11-3-2-10(6-12(11)15)18-7-8-5-9(16)1-4-13(8)17/h1-6H,7,17H2. The van der Waals surface area contributed by atoms with Crippen molar-refractivity contribution >= 4 is 28.9 Å². The van der Waals surface area contributed by atoms with Gasteiger partial charge in [0.25, 0.3) is 0 Å². The Morgan fingerprint density at radius 1 is 1.06 bits per heavy atom. The lowest BCUT2D eigenvalue weighted by molar-refractivity contribution is 0.306. The number of anilines is 1. The molecule has 0 aliphatic rings. The van der Waals surface area contributed by atoms with Crippen LogP contribution < -0.4 is 10.5 Å². The van der Waals surface area contributed by atoms with Gasteiger partial charge in [0, 0.05) is 17.3 Å². The van der Waals surface area contributed by atoms with Gasteiger partial charge in [0.2, 0.25) is 0 Å². The van der Waals surface area contributed by atoms with Crippen molar-refractivity contribution in [2.24, 2.45) is 0 Å². The summed E-state index contributed by atoms with van der Waals surface area (Å²) >= 11 is 11.6. The minimum absolute atomic E-state index is 0.168. The fraction of sp³-hybridized carbons (Fsp3) is 0.0769. The molecule has 0 bridgehead atoms. The lowest BCUT2D eigenvalue weighted by atomic mass is 10.2. The van der Waals surface area contributed by atoms with Gasteiger partial charge in [0.05, 0.1) is 10.0 Å². The maximum Gasteiger partial charge on any atom is 0.123 e. The predicted octanol–water partition coefficient (Wildman–Crippen LogP) is 4.29. The van der Waals surface area contributed by atoms with Crippen molar-refractivity contribution in [3.8, 4) is 5.75 Å². The number of ether oxygens (including phenoxy) is 1. The molecule has 0 fully saturated rings. The molecule has 94 valence electrons. The highest BCUT2D eigenvalue weighted by atomic mass is 35.5. The Morgan fingerprint density at radius 2 is 1.83 bits per heavy atom. The first-order valence-corrected chi connectivity index (χ1v) is 5.93. The smallest absolute Gasteiger partial charge is 0.123 e. The van der Waals surface area contributed by atoms with E-state index in [1.807, 2.05) is 0 Å². The summed E-state index contributed by atoms with van der Waals surface area (Å²) in [6.07, 6.45) is 0. The molecular formula is C13H10Cl2FNO. The summed E-state index contributed by atoms with van der Waals surface area (Å²) in [5.41, 5.74) is 6.78. The molecular weight excluding hydrogens is 276 g/mol. The van der Waals surface area contributed by atoms with E-state index in [1.165, 1.54) is 18.2 Å². The van der Waals surface area contributed by atoms with Crippen molar-refractivity contribution in [1.29, 1.82) is 0 Å². The second-order valence-corrected chi connectivity index (χ2v) is 4.52. The van der Waals surface area contributed by atoms with Crippen LogP contribution in [0.3, 0.4) is 0 Å². The first-order valence-electron chi connectivity index (χ1n) is 5.18. The van der Waals surface area contributed by atoms with Gasteiger partial charge in [-0.15, -0.1) is 0 Å². The first-order chi connectivity index (χ1) is 8.56. The molecule has 0 amide bonds. The minimum atomic E-state index is -0.350. The molecule has 5 heteroatoms. The van der Waals surface area contributed by atoms with Gasteiger partial charge in [-0.2, -0.15) is 0 Å². The minimum Gasteiger partial charge on any atom is -0.489 e. The number of nitrogen functional groups attached to an aromatic ring is 1. The van der Waals surface area contributed by atoms with E-state index >= 15 is 0 Å². The molecule has 2 N–H and O–H groups in total. The number of hydrogen-bond acceptors (Lipinski definition) is 2. The summed E-state index contributed by atoms with van der Waals surface area (Å²) in [6.45, 7) is 0.168. The Balaban J connectivity index is 2.11. The maximum absolute atomic E-state index is 13.0. The fourth-order valence-electron chi connectivity index (χ4n) is 1.43. The van der Waals surface area contributed by atoms with E-state index in [2.05, 4.69) is 0 Å². The van der Waals surface area contributed by atoms with Crippen molar-refractivity contribution in [3.63, 3.8) is 0 Å². The maximum atomic E-state index is 13.0. The Labute approximate surface area is 114 Å². The molecule has 0 aliphatic carbocycles. The molecule has 18 heavy (non-hydrogen) atoms. The molecule has 2 rings (SSSR count). The Bertz CT molecular complexity index is 575. The van der Waals surface area contributed by atoms with Crippen LogP contribution in [0.2, 0.25) is 10.0 Å². The highest BCUT2D eigenvalue weighted by molar-refractivity contribution is 6.42. The summed E-state index contributed by atoms with van der Waals surface area (Å²) < 4.78 is 18.5. The zero-order chi connectivity index (χ0) is 13.1. The van der Waals surface area contributed by atoms with Crippen molar-refractivity contribution < 1.29 is 9.13 Å². The van der Waals surface area contributed by atoms with Crippen molar-refractivity contribution in [3.05, 3.63) is 57.8 Å². The SMILES string of the molecule is Nc1ccc(F)cc1COc1ccc(Cl)c(Cl)c1. The quantitative estimate of drug-likeness (QED) is 0.854. The van der Waals surface area contributed by atoms with E-state index < -0.39 is 0 Å². The number of benzene rings is 2. The molecule has 0 saturated carbocycles. The van der Waals surface area contributed by atoms with Crippen molar-refractivity contribution in [1.82, 2.24) is 0 Å². The van der Waals surface area contributed by atoms with Crippen molar-refractivity contribution in [2.75, 3.05) is 5.73 Å². The highest BCUT2D eigenvalue weighted by Gasteiger charge is 2.04. The molecule has 0 radical (unpaired) electrons. The van der Waals surface area contributed by atoms with Gasteiger partial charge in [-0.25, -0.2) is 4.39 Å². The molecule has 2 aromatic carbocycles. The molecule has 0 saturated heterocycles. The second-order valence-electron chi connectivity index (χ2n) is 3.71. The molecule has 0 spiro atoms. The monoisotopic (exact) mass is 285 g/mol. The average Bonchev–Trinajstić information content (AvgIpc) is 2.34. The van der Waals surface area contributed by atoms with E-state index in [9.17, 15) is 4.39 Å². The molecule has 0 unspecified atom stereocenters. The van der Waals surface area contributed by atoms with Gasteiger partial charge < -0.3 is 10.5 Å². The fourth-order valence-corrected chi connectivity index (χ4v) is 1.72. The average molecular weight is 286 g/mol. The van der Waals surface area contributed by atoms with Crippen LogP contribution in [-0.4, -0.2) is 0 Å². The van der Waals surface area contributed by atoms with Crippen LogP contribution in [0.4, 0.5) is 10.1 Å². The second kappa shape index (κ2) is 5.46. The van der Waals surface area contributed by atoms with Gasteiger partial charge >= 0.3 is 0 Å². The summed E-state index contributed by atoms with van der Waals surface area (Å²) in [5, 5.41) is 0.857. The largest absolute Gasteiger partial charge is 0.489 e. The van der Waals surface area contributed by atoms with Gasteiger partial charge in [0.15, 0.2) is 0 Å². The Kier molecular flexibility index (Phi) is 3.94. The summed E-state index contributed by atoms with van der Waals surface area (Å²) in [6, 6.07) is 9.06. The Hall–Kier alpha value is -1.45. The number of nitrogens with two attached hydrogens (primary N) is 1. The van der Waals surface area contributed by atoms with E-state index in [0.717, 1.165) is 0 Å². The number of halogens is 3. The van der Waals surface area contributed by atoms with Crippen LogP contribution in [0.5, 0.6) is 5.75 Å². The molecule has 2 aromatic rings. The van der Waals surface area contributed by atoms with Crippen LogP contribution >= 0.6 is 23.2 Å². The van der Waals surface area contributed by atoms with E-state index in [4.69, 9.17) is 33.7 Å². The van der Waals surface area contributed by atoms with E-state index in [1.54, 1.807) is 18.2 Å². The topological polar surface area (TPSA) is 35.2 Å². The first kappa shape index (κ1) is 13.0. The van der Waals surface area contributed by atoms with E-state index in [0.29, 0.717) is 27.0 Å². The zero-order valence-corrected chi connectivity index (χ0v) is 10.8. The normalized spacial score (nSPS) is 10.4. The lowest BCUT2D eigenvalue weighted by Crippen LogP contribution is -2.00. The molecule has 0 aromatic heterocycles. The van der Waals surface area contributed by atoms with Gasteiger partial charge in [-0.3, -0.25) is 0 Å². The van der Waals surface area contributed by atoms with Crippen molar-refractivity contribution in [2.45, 2.75) is 6.61 Å². The number of rotatable bonds is 3. The highest BCUT2D eigenvalue weighted by Crippen LogP contribution is 2.27. The lowest BCUT2D eigenvalue weighted by Gasteiger charge is -2.09. The summed E-state index contributed by atoms with van der Waals surface area (Å²) in [5.74, 6) is 0.199. The molecule has 0 atom stereocenters. The van der Waals surface area contributed by atoms with Crippen LogP contribution in [-0.2, 0) is 6.61 Å². The Morgan fingerprint density at radius 3 is 2.56 bits per heavy atom. The summed E-state index contributed by atoms with van der Waals surface area (Å²) in [7, 11) is 0. The molecule has 2 nitrogen and oxygen atoms in total. The van der Waals surface area contributed by atoms with Crippen LogP contribution in [0, 0.1) is 5.82 Å². The number of hydrogen-bond donors (Lipinski definition) is 1. The summed E-state index contributed by atoms with van der Waals surface area (Å²) in [4.78, 5) is 0. The van der Waals surface area contributed by atoms with E-state index in [-0.39, 0.29) is 12.4 Å². The van der Waals surface area contributed by atoms with Gasteiger partial charge in [-0.1, -0.05) is 23.2 Å².